The van der Waals surface area contributed by atoms with Crippen LogP contribution in [0.5, 0.6) is 0 Å². The Hall–Kier alpha value is -1.15. The number of phosphoric ester groups is 1. The molecule has 0 aliphatic heterocycles. The molecule has 190 valence electrons. The van der Waals surface area contributed by atoms with Gasteiger partial charge in [-0.1, -0.05) is 78.1 Å². The van der Waals surface area contributed by atoms with Gasteiger partial charge in [0.15, 0.2) is 5.96 Å². The lowest BCUT2D eigenvalue weighted by Gasteiger charge is -2.20. The molecule has 9 nitrogen and oxygen atoms in total. The first-order chi connectivity index (χ1) is 15.2. The van der Waals surface area contributed by atoms with Crippen molar-refractivity contribution in [3.05, 3.63) is 0 Å². The Bertz CT molecular complexity index is 550. The molecule has 0 aliphatic carbocycles. The van der Waals surface area contributed by atoms with Gasteiger partial charge in [-0.25, -0.2) is 9.36 Å². The van der Waals surface area contributed by atoms with Gasteiger partial charge >= 0.3 is 13.8 Å². The van der Waals surface area contributed by atoms with Crippen LogP contribution in [0.3, 0.4) is 0 Å². The Kier molecular flexibility index (Phi) is 18.6. The molecule has 0 saturated heterocycles. The van der Waals surface area contributed by atoms with Crippen LogP contribution in [0, 0.1) is 11.3 Å². The van der Waals surface area contributed by atoms with Crippen LogP contribution in [0.1, 0.15) is 104 Å². The maximum absolute atomic E-state index is 12.3. The van der Waals surface area contributed by atoms with Crippen molar-refractivity contribution in [1.82, 2.24) is 5.32 Å². The maximum Gasteiger partial charge on any atom is 0.529 e. The number of carbonyl (C=O) groups excluding carboxylic acids is 1. The molecule has 0 rings (SSSR count). The van der Waals surface area contributed by atoms with Gasteiger partial charge in [0.05, 0.1) is 6.61 Å². The van der Waals surface area contributed by atoms with E-state index in [0.717, 1.165) is 44.9 Å². The summed E-state index contributed by atoms with van der Waals surface area (Å²) < 4.78 is 22.1. The zero-order valence-electron chi connectivity index (χ0n) is 20.2. The van der Waals surface area contributed by atoms with Gasteiger partial charge in [-0.3, -0.25) is 14.8 Å². The van der Waals surface area contributed by atoms with Crippen LogP contribution in [-0.4, -0.2) is 36.0 Å². The Morgan fingerprint density at radius 1 is 0.969 bits per heavy atom. The van der Waals surface area contributed by atoms with Gasteiger partial charge in [-0.15, -0.1) is 0 Å². The number of hydrogen-bond donors (Lipinski definition) is 5. The van der Waals surface area contributed by atoms with Crippen LogP contribution in [0.4, 0.5) is 0 Å². The summed E-state index contributed by atoms with van der Waals surface area (Å²) in [5, 5.41) is 9.66. The number of phosphoric acid groups is 1. The highest BCUT2D eigenvalue weighted by Gasteiger charge is 2.30. The summed E-state index contributed by atoms with van der Waals surface area (Å²) in [4.78, 5) is 22.0. The number of rotatable bonds is 21. The molecule has 0 aliphatic rings. The fourth-order valence-corrected chi connectivity index (χ4v) is 4.27. The standard InChI is InChI=1S/C22H47N4O5P/c1-3-5-7-9-10-12-15-19(14-11-8-6-4-2)18-30-32(28,29)31-21(27)20(23)16-13-17-26-22(24)25/h19-20H,3-18,23H2,1-2H3,(H,28,29)(H4,24,25,26)/t19?,20-/m0/s1. The molecule has 0 aromatic rings. The monoisotopic (exact) mass is 478 g/mol. The summed E-state index contributed by atoms with van der Waals surface area (Å²) >= 11 is 0. The van der Waals surface area contributed by atoms with Crippen LogP contribution in [-0.2, 0) is 18.4 Å². The number of hydrogen-bond acceptors (Lipinski definition) is 6. The predicted molar refractivity (Wildman–Crippen MR) is 129 cm³/mol. The van der Waals surface area contributed by atoms with Crippen LogP contribution in [0.15, 0.2) is 0 Å². The van der Waals surface area contributed by atoms with E-state index in [4.69, 9.17) is 21.4 Å². The van der Waals surface area contributed by atoms with Gasteiger partial charge in [-0.05, 0) is 31.6 Å². The van der Waals surface area contributed by atoms with E-state index < -0.39 is 19.8 Å². The highest BCUT2D eigenvalue weighted by Crippen LogP contribution is 2.44. The maximum atomic E-state index is 12.3. The molecule has 0 bridgehead atoms. The van der Waals surface area contributed by atoms with Gasteiger partial charge in [0.1, 0.15) is 6.04 Å². The van der Waals surface area contributed by atoms with Gasteiger partial charge in [-0.2, -0.15) is 0 Å². The highest BCUT2D eigenvalue weighted by atomic mass is 31.2. The van der Waals surface area contributed by atoms with E-state index >= 15 is 0 Å². The Morgan fingerprint density at radius 3 is 2.06 bits per heavy atom. The molecule has 0 heterocycles. The molecule has 2 unspecified atom stereocenters. The molecule has 0 fully saturated rings. The van der Waals surface area contributed by atoms with Gasteiger partial charge < -0.3 is 21.3 Å². The number of carbonyl (C=O) groups is 1. The number of nitrogens with two attached hydrogens (primary N) is 2. The molecule has 7 N–H and O–H groups in total. The van der Waals surface area contributed by atoms with E-state index in [2.05, 4.69) is 23.7 Å². The zero-order chi connectivity index (χ0) is 24.2. The lowest BCUT2D eigenvalue weighted by atomic mass is 9.95. The minimum absolute atomic E-state index is 0.0971. The largest absolute Gasteiger partial charge is 0.529 e. The molecule has 32 heavy (non-hydrogen) atoms. The van der Waals surface area contributed by atoms with E-state index in [1.807, 2.05) is 0 Å². The van der Waals surface area contributed by atoms with Crippen molar-refractivity contribution in [2.45, 2.75) is 110 Å². The van der Waals surface area contributed by atoms with Crippen molar-refractivity contribution >= 4 is 19.8 Å². The van der Waals surface area contributed by atoms with Crippen molar-refractivity contribution in [1.29, 1.82) is 5.41 Å². The Morgan fingerprint density at radius 2 is 1.50 bits per heavy atom. The molecular formula is C22H47N4O5P. The molecule has 10 heteroatoms. The first kappa shape index (κ1) is 30.9. The zero-order valence-corrected chi connectivity index (χ0v) is 21.0. The normalized spacial score (nSPS) is 15.0. The third-order valence-corrected chi connectivity index (χ3v) is 6.31. The summed E-state index contributed by atoms with van der Waals surface area (Å²) in [5.41, 5.74) is 10.9. The van der Waals surface area contributed by atoms with Crippen molar-refractivity contribution in [2.24, 2.45) is 17.4 Å². The molecule has 3 atom stereocenters. The molecule has 0 radical (unpaired) electrons. The van der Waals surface area contributed by atoms with Crippen LogP contribution >= 0.6 is 7.82 Å². The summed E-state index contributed by atoms with van der Waals surface area (Å²) in [7, 11) is -4.51. The predicted octanol–water partition coefficient (Wildman–Crippen LogP) is 4.57. The first-order valence-electron chi connectivity index (χ1n) is 12.3. The molecule has 0 aromatic carbocycles. The molecule has 0 saturated carbocycles. The summed E-state index contributed by atoms with van der Waals surface area (Å²) in [5.74, 6) is -0.961. The van der Waals surface area contributed by atoms with Crippen molar-refractivity contribution in [3.8, 4) is 0 Å². The van der Waals surface area contributed by atoms with Crippen LogP contribution in [0.2, 0.25) is 0 Å². The van der Waals surface area contributed by atoms with E-state index in [-0.39, 0.29) is 24.9 Å². The van der Waals surface area contributed by atoms with Crippen molar-refractivity contribution in [2.75, 3.05) is 13.2 Å². The van der Waals surface area contributed by atoms with E-state index in [0.29, 0.717) is 13.0 Å². The number of nitrogens with one attached hydrogen (secondary N) is 2. The van der Waals surface area contributed by atoms with Gasteiger partial charge in [0, 0.05) is 6.54 Å². The average molecular weight is 479 g/mol. The lowest BCUT2D eigenvalue weighted by molar-refractivity contribution is -0.137. The van der Waals surface area contributed by atoms with Gasteiger partial charge in [0.2, 0.25) is 0 Å². The average Bonchev–Trinajstić information content (AvgIpc) is 2.73. The van der Waals surface area contributed by atoms with Crippen molar-refractivity contribution < 1.29 is 23.3 Å². The van der Waals surface area contributed by atoms with Crippen LogP contribution in [0.25, 0.3) is 0 Å². The van der Waals surface area contributed by atoms with Crippen LogP contribution < -0.4 is 16.8 Å². The second-order valence-electron chi connectivity index (χ2n) is 8.54. The minimum atomic E-state index is -4.51. The fraction of sp³-hybridized carbons (Fsp3) is 0.909. The smallest absolute Gasteiger partial charge is 0.370 e. The molecule has 0 amide bonds. The third-order valence-electron chi connectivity index (χ3n) is 5.42. The van der Waals surface area contributed by atoms with Gasteiger partial charge in [0.25, 0.3) is 0 Å². The second kappa shape index (κ2) is 19.3. The van der Waals surface area contributed by atoms with E-state index in [9.17, 15) is 14.3 Å². The summed E-state index contributed by atoms with van der Waals surface area (Å²) in [6.45, 7) is 4.84. The summed E-state index contributed by atoms with van der Waals surface area (Å²) in [6, 6.07) is -1.04. The first-order valence-corrected chi connectivity index (χ1v) is 13.8. The lowest BCUT2D eigenvalue weighted by Crippen LogP contribution is -2.35. The minimum Gasteiger partial charge on any atom is -0.370 e. The van der Waals surface area contributed by atoms with E-state index in [1.54, 1.807) is 0 Å². The third kappa shape index (κ3) is 18.4. The second-order valence-corrected chi connectivity index (χ2v) is 9.91. The quantitative estimate of drug-likeness (QED) is 0.0693. The highest BCUT2D eigenvalue weighted by molar-refractivity contribution is 7.48. The number of unbranched alkanes of at least 4 members (excludes halogenated alkanes) is 8. The van der Waals surface area contributed by atoms with E-state index in [1.165, 1.54) is 32.1 Å². The summed E-state index contributed by atoms with van der Waals surface area (Å²) in [6.07, 6.45) is 14.3. The van der Waals surface area contributed by atoms with Crippen molar-refractivity contribution in [3.63, 3.8) is 0 Å². The molecule has 0 spiro atoms. The molecule has 0 aromatic heterocycles. The Labute approximate surface area is 194 Å². The number of guanidine groups is 1. The topological polar surface area (TPSA) is 161 Å². The Balaban J connectivity index is 4.43. The molecular weight excluding hydrogens is 431 g/mol. The fourth-order valence-electron chi connectivity index (χ4n) is 3.45. The SMILES string of the molecule is CCCCCCCCC(CCCCCC)COP(=O)(O)OC(=O)[C@@H](N)CCCNC(=N)N.